The average Bonchev–Trinajstić information content (AvgIpc) is 3.15. The van der Waals surface area contributed by atoms with E-state index in [0.717, 1.165) is 11.1 Å². The summed E-state index contributed by atoms with van der Waals surface area (Å²) in [4.78, 5) is 38.0. The third-order valence-electron chi connectivity index (χ3n) is 7.20. The second kappa shape index (κ2) is 16.9. The molecule has 7 heteroatoms. The molecule has 0 bridgehead atoms. The lowest BCUT2D eigenvalue weighted by atomic mass is 10.1. The molecule has 0 spiro atoms. The molecule has 5 aromatic carbocycles. The van der Waals surface area contributed by atoms with Crippen LogP contribution in [0.15, 0.2) is 146 Å². The van der Waals surface area contributed by atoms with E-state index in [1.807, 2.05) is 60.7 Å². The van der Waals surface area contributed by atoms with Crippen LogP contribution < -0.4 is 14.2 Å². The Morgan fingerprint density at radius 3 is 1.50 bits per heavy atom. The number of esters is 1. The van der Waals surface area contributed by atoms with E-state index in [2.05, 4.69) is 0 Å². The van der Waals surface area contributed by atoms with Gasteiger partial charge >= 0.3 is 5.97 Å². The molecule has 7 nitrogen and oxygen atoms in total. The highest BCUT2D eigenvalue weighted by Gasteiger charge is 2.19. The molecule has 5 rings (SSSR count). The van der Waals surface area contributed by atoms with Gasteiger partial charge in [0.2, 0.25) is 0 Å². The molecule has 0 amide bonds. The molecule has 0 fully saturated rings. The summed E-state index contributed by atoms with van der Waals surface area (Å²) < 4.78 is 22.9. The number of rotatable bonds is 15. The summed E-state index contributed by atoms with van der Waals surface area (Å²) in [5.41, 5.74) is 3.25. The summed E-state index contributed by atoms with van der Waals surface area (Å²) in [6.45, 7) is 0.0238. The highest BCUT2D eigenvalue weighted by Crippen LogP contribution is 2.18. The third-order valence-corrected chi connectivity index (χ3v) is 7.20. The van der Waals surface area contributed by atoms with Crippen LogP contribution in [0.25, 0.3) is 12.2 Å². The number of allylic oxidation sites excluding steroid dienone is 2. The summed E-state index contributed by atoms with van der Waals surface area (Å²) in [5, 5.41) is 0. The number of ketones is 2. The maximum absolute atomic E-state index is 13.0. The minimum atomic E-state index is -0.766. The van der Waals surface area contributed by atoms with Crippen molar-refractivity contribution in [3.8, 4) is 17.2 Å². The zero-order valence-electron chi connectivity index (χ0n) is 26.4. The lowest BCUT2D eigenvalue weighted by molar-refractivity contribution is 0.00257. The van der Waals surface area contributed by atoms with Gasteiger partial charge in [-0.25, -0.2) is 4.79 Å². The van der Waals surface area contributed by atoms with Crippen molar-refractivity contribution in [1.29, 1.82) is 0 Å². The molecule has 48 heavy (non-hydrogen) atoms. The first-order valence-electron chi connectivity index (χ1n) is 15.3. The molecule has 0 aromatic heterocycles. The first-order chi connectivity index (χ1) is 23.5. The van der Waals surface area contributed by atoms with Crippen LogP contribution in [0, 0.1) is 0 Å². The van der Waals surface area contributed by atoms with Crippen LogP contribution in [0.1, 0.15) is 42.2 Å². The zero-order chi connectivity index (χ0) is 33.6. The second-order valence-electron chi connectivity index (χ2n) is 10.6. The Kier molecular flexibility index (Phi) is 11.7. The van der Waals surface area contributed by atoms with E-state index in [0.29, 0.717) is 33.9 Å². The highest BCUT2D eigenvalue weighted by atomic mass is 16.6. The number of benzene rings is 5. The molecule has 0 aliphatic rings. The lowest BCUT2D eigenvalue weighted by Gasteiger charge is -2.19. The van der Waals surface area contributed by atoms with Gasteiger partial charge in [0.15, 0.2) is 17.7 Å². The van der Waals surface area contributed by atoms with E-state index < -0.39 is 12.1 Å². The van der Waals surface area contributed by atoms with Gasteiger partial charge in [0.25, 0.3) is 0 Å². The predicted molar refractivity (Wildman–Crippen MR) is 186 cm³/mol. The monoisotopic (exact) mass is 638 g/mol. The van der Waals surface area contributed by atoms with E-state index >= 15 is 0 Å². The Bertz CT molecular complexity index is 1840. The van der Waals surface area contributed by atoms with Crippen molar-refractivity contribution in [2.75, 3.05) is 20.3 Å². The molecule has 0 heterocycles. The number of ether oxygens (including phenoxy) is 4. The molecule has 1 atom stereocenters. The predicted octanol–water partition coefficient (Wildman–Crippen LogP) is 8.17. The summed E-state index contributed by atoms with van der Waals surface area (Å²) in [6, 6.07) is 39.2. The standard InChI is InChI=1S/C41H34O7/c1-45-35-22-18-34(19-23-35)41(44)48-38(28-46-36-20-12-31(13-21-36)15-27-39(42)32-10-6-3-7-11-32)29-47-37-24-16-33(17-25-37)40(43)26-14-30-8-4-2-5-9-30/h2-27,38H,28-29H2,1H3/b26-14-,27-15-/t38-/m0/s1. The van der Waals surface area contributed by atoms with Crippen LogP contribution in [0.2, 0.25) is 0 Å². The number of methoxy groups -OCH3 is 1. The van der Waals surface area contributed by atoms with Crippen molar-refractivity contribution in [3.63, 3.8) is 0 Å². The minimum Gasteiger partial charge on any atom is -0.497 e. The van der Waals surface area contributed by atoms with Crippen molar-refractivity contribution in [2.45, 2.75) is 6.10 Å². The molecule has 0 saturated carbocycles. The number of hydrogen-bond acceptors (Lipinski definition) is 7. The van der Waals surface area contributed by atoms with Crippen LogP contribution in [0.3, 0.4) is 0 Å². The summed E-state index contributed by atoms with van der Waals surface area (Å²) in [6.07, 6.45) is 5.81. The van der Waals surface area contributed by atoms with Crippen molar-refractivity contribution in [1.82, 2.24) is 0 Å². The second-order valence-corrected chi connectivity index (χ2v) is 10.6. The lowest BCUT2D eigenvalue weighted by Crippen LogP contribution is -2.31. The van der Waals surface area contributed by atoms with E-state index in [9.17, 15) is 14.4 Å². The molecule has 0 saturated heterocycles. The van der Waals surface area contributed by atoms with Crippen molar-refractivity contribution in [3.05, 3.63) is 173 Å². The van der Waals surface area contributed by atoms with Crippen LogP contribution in [-0.2, 0) is 4.74 Å². The number of carbonyl (C=O) groups excluding carboxylic acids is 3. The largest absolute Gasteiger partial charge is 0.497 e. The van der Waals surface area contributed by atoms with E-state index in [1.165, 1.54) is 12.2 Å². The van der Waals surface area contributed by atoms with Gasteiger partial charge in [-0.3, -0.25) is 9.59 Å². The van der Waals surface area contributed by atoms with Gasteiger partial charge in [-0.05, 0) is 83.9 Å². The summed E-state index contributed by atoms with van der Waals surface area (Å²) in [5.74, 6) is 0.927. The maximum Gasteiger partial charge on any atom is 0.338 e. The molecule has 5 aromatic rings. The van der Waals surface area contributed by atoms with E-state index in [-0.39, 0.29) is 24.8 Å². The Balaban J connectivity index is 1.20. The zero-order valence-corrected chi connectivity index (χ0v) is 26.4. The Morgan fingerprint density at radius 1 is 0.521 bits per heavy atom. The smallest absolute Gasteiger partial charge is 0.338 e. The average molecular weight is 639 g/mol. The fourth-order valence-electron chi connectivity index (χ4n) is 4.53. The molecule has 0 radical (unpaired) electrons. The van der Waals surface area contributed by atoms with Gasteiger partial charge in [-0.1, -0.05) is 84.9 Å². The topological polar surface area (TPSA) is 88.1 Å². The van der Waals surface area contributed by atoms with Gasteiger partial charge in [0, 0.05) is 11.1 Å². The van der Waals surface area contributed by atoms with Crippen molar-refractivity contribution < 1.29 is 33.3 Å². The molecular formula is C41H34O7. The first kappa shape index (κ1) is 33.2. The van der Waals surface area contributed by atoms with Crippen LogP contribution in [0.5, 0.6) is 17.2 Å². The molecule has 0 unspecified atom stereocenters. The maximum atomic E-state index is 13.0. The van der Waals surface area contributed by atoms with Gasteiger partial charge in [-0.15, -0.1) is 0 Å². The fourth-order valence-corrected chi connectivity index (χ4v) is 4.53. The first-order valence-corrected chi connectivity index (χ1v) is 15.3. The number of carbonyl (C=O) groups is 3. The van der Waals surface area contributed by atoms with Gasteiger partial charge in [0.05, 0.1) is 12.7 Å². The highest BCUT2D eigenvalue weighted by molar-refractivity contribution is 6.07. The van der Waals surface area contributed by atoms with Crippen LogP contribution in [-0.4, -0.2) is 44.0 Å². The van der Waals surface area contributed by atoms with Gasteiger partial charge in [0.1, 0.15) is 30.5 Å². The normalized spacial score (nSPS) is 11.6. The molecule has 0 N–H and O–H groups in total. The molecular weight excluding hydrogens is 604 g/mol. The minimum absolute atomic E-state index is 0.00547. The third kappa shape index (κ3) is 9.89. The Morgan fingerprint density at radius 2 is 0.958 bits per heavy atom. The summed E-state index contributed by atoms with van der Waals surface area (Å²) in [7, 11) is 1.55. The number of hydrogen-bond donors (Lipinski definition) is 0. The van der Waals surface area contributed by atoms with Crippen molar-refractivity contribution in [2.24, 2.45) is 0 Å². The Hall–Kier alpha value is -6.21. The summed E-state index contributed by atoms with van der Waals surface area (Å²) >= 11 is 0. The van der Waals surface area contributed by atoms with Crippen LogP contribution >= 0.6 is 0 Å². The molecule has 240 valence electrons. The quantitative estimate of drug-likeness (QED) is 0.0649. The van der Waals surface area contributed by atoms with E-state index in [4.69, 9.17) is 18.9 Å². The fraction of sp³-hybridized carbons (Fsp3) is 0.0976. The van der Waals surface area contributed by atoms with E-state index in [1.54, 1.807) is 92.1 Å². The van der Waals surface area contributed by atoms with Gasteiger partial charge in [-0.2, -0.15) is 0 Å². The molecule has 0 aliphatic carbocycles. The molecule has 0 aliphatic heterocycles. The Labute approximate surface area is 279 Å². The van der Waals surface area contributed by atoms with Crippen LogP contribution in [0.4, 0.5) is 0 Å². The SMILES string of the molecule is COc1ccc(C(=O)O[C@@H](COc2ccc(/C=C\C(=O)c3ccccc3)cc2)COc2ccc(C(=O)/C=C\c3ccccc3)cc2)cc1. The van der Waals surface area contributed by atoms with Gasteiger partial charge < -0.3 is 18.9 Å². The van der Waals surface area contributed by atoms with Crippen molar-refractivity contribution >= 4 is 29.7 Å².